The molecule has 1 saturated heterocycles. The molecule has 0 aromatic carbocycles. The fourth-order valence-corrected chi connectivity index (χ4v) is 3.79. The molecule has 0 aromatic heterocycles. The summed E-state index contributed by atoms with van der Waals surface area (Å²) in [6, 6.07) is 0. The van der Waals surface area contributed by atoms with Crippen LogP contribution in [0.25, 0.3) is 0 Å². The fraction of sp³-hybridized carbons (Fsp3) is 1.00. The standard InChI is InChI=1S/C20H44N4O3/c1-5-6-21-7-9-22(15-18(2)25)11-13-24(17-20(4)27)14-12-23(10-8-21)16-19(3)26/h18-20,25-27H,5-17H2,1-4H3/t18-,19-,20-/m1/s1. The Morgan fingerprint density at radius 3 is 1.04 bits per heavy atom. The molecule has 0 aromatic rings. The van der Waals surface area contributed by atoms with E-state index in [0.717, 1.165) is 65.3 Å². The topological polar surface area (TPSA) is 73.7 Å². The van der Waals surface area contributed by atoms with Gasteiger partial charge in [-0.25, -0.2) is 0 Å². The van der Waals surface area contributed by atoms with E-state index in [1.807, 2.05) is 20.8 Å². The SMILES string of the molecule is CCCN1CCN(C[C@@H](C)O)CCN(C[C@@H](C)O)CCN(C[C@@H](C)O)CC1. The van der Waals surface area contributed by atoms with Crippen molar-refractivity contribution < 1.29 is 15.3 Å². The van der Waals surface area contributed by atoms with E-state index in [1.54, 1.807) is 0 Å². The molecule has 0 amide bonds. The number of hydrogen-bond acceptors (Lipinski definition) is 7. The summed E-state index contributed by atoms with van der Waals surface area (Å²) in [7, 11) is 0. The molecule has 3 N–H and O–H groups in total. The van der Waals surface area contributed by atoms with Gasteiger partial charge >= 0.3 is 0 Å². The molecule has 0 saturated carbocycles. The van der Waals surface area contributed by atoms with Gasteiger partial charge in [0, 0.05) is 72.0 Å². The number of aliphatic hydroxyl groups is 3. The summed E-state index contributed by atoms with van der Waals surface area (Å²) in [4.78, 5) is 9.49. The third kappa shape index (κ3) is 12.0. The molecule has 0 spiro atoms. The molecule has 1 aliphatic heterocycles. The third-order valence-electron chi connectivity index (χ3n) is 5.04. The highest BCUT2D eigenvalue weighted by atomic mass is 16.3. The van der Waals surface area contributed by atoms with Crippen molar-refractivity contribution in [2.75, 3.05) is 78.5 Å². The first kappa shape index (κ1) is 24.8. The van der Waals surface area contributed by atoms with Crippen molar-refractivity contribution in [3.63, 3.8) is 0 Å². The molecule has 1 rings (SSSR count). The van der Waals surface area contributed by atoms with Gasteiger partial charge in [0.15, 0.2) is 0 Å². The van der Waals surface area contributed by atoms with Gasteiger partial charge < -0.3 is 20.2 Å². The Balaban J connectivity index is 2.80. The van der Waals surface area contributed by atoms with Gasteiger partial charge in [-0.2, -0.15) is 0 Å². The molecule has 3 atom stereocenters. The Bertz CT molecular complexity index is 343. The zero-order valence-corrected chi connectivity index (χ0v) is 18.1. The Morgan fingerprint density at radius 1 is 0.556 bits per heavy atom. The van der Waals surface area contributed by atoms with Gasteiger partial charge in [-0.15, -0.1) is 0 Å². The number of β-amino-alcohol motifs (C(OH)–C–C–N with tert-alkyl or cyclic N) is 3. The van der Waals surface area contributed by atoms with Crippen LogP contribution in [0.3, 0.4) is 0 Å². The van der Waals surface area contributed by atoms with Crippen molar-refractivity contribution in [1.82, 2.24) is 19.6 Å². The number of hydrogen-bond donors (Lipinski definition) is 3. The predicted molar refractivity (Wildman–Crippen MR) is 111 cm³/mol. The molecular formula is C20H44N4O3. The molecule has 0 radical (unpaired) electrons. The first-order valence-electron chi connectivity index (χ1n) is 10.7. The van der Waals surface area contributed by atoms with Crippen molar-refractivity contribution in [1.29, 1.82) is 0 Å². The van der Waals surface area contributed by atoms with E-state index in [-0.39, 0.29) is 18.3 Å². The molecule has 0 unspecified atom stereocenters. The lowest BCUT2D eigenvalue weighted by Gasteiger charge is -2.35. The average Bonchev–Trinajstić information content (AvgIpc) is 2.56. The first-order valence-corrected chi connectivity index (χ1v) is 10.7. The average molecular weight is 389 g/mol. The number of rotatable bonds is 8. The van der Waals surface area contributed by atoms with Crippen LogP contribution in [-0.2, 0) is 0 Å². The Kier molecular flexibility index (Phi) is 12.7. The van der Waals surface area contributed by atoms with Gasteiger partial charge in [0.05, 0.1) is 18.3 Å². The van der Waals surface area contributed by atoms with E-state index >= 15 is 0 Å². The summed E-state index contributed by atoms with van der Waals surface area (Å²) >= 11 is 0. The highest BCUT2D eigenvalue weighted by Crippen LogP contribution is 2.04. The normalized spacial score (nSPS) is 24.1. The molecular weight excluding hydrogens is 344 g/mol. The van der Waals surface area contributed by atoms with E-state index in [9.17, 15) is 15.3 Å². The monoisotopic (exact) mass is 388 g/mol. The summed E-state index contributed by atoms with van der Waals surface area (Å²) in [5, 5.41) is 29.6. The molecule has 0 aliphatic carbocycles. The fourth-order valence-electron chi connectivity index (χ4n) is 3.79. The molecule has 27 heavy (non-hydrogen) atoms. The molecule has 1 aliphatic rings. The van der Waals surface area contributed by atoms with E-state index in [1.165, 1.54) is 0 Å². The third-order valence-corrected chi connectivity index (χ3v) is 5.04. The second kappa shape index (κ2) is 13.8. The zero-order chi connectivity index (χ0) is 20.2. The molecule has 7 nitrogen and oxygen atoms in total. The van der Waals surface area contributed by atoms with Gasteiger partial charge in [0.25, 0.3) is 0 Å². The summed E-state index contributed by atoms with van der Waals surface area (Å²) in [6.07, 6.45) is 0.122. The van der Waals surface area contributed by atoms with Gasteiger partial charge in [-0.3, -0.25) is 14.7 Å². The van der Waals surface area contributed by atoms with Crippen LogP contribution in [0.5, 0.6) is 0 Å². The van der Waals surface area contributed by atoms with E-state index < -0.39 is 0 Å². The largest absolute Gasteiger partial charge is 0.392 e. The van der Waals surface area contributed by atoms with E-state index in [4.69, 9.17) is 0 Å². The lowest BCUT2D eigenvalue weighted by molar-refractivity contribution is 0.0668. The molecule has 1 heterocycles. The lowest BCUT2D eigenvalue weighted by atomic mass is 10.2. The van der Waals surface area contributed by atoms with Crippen LogP contribution in [0.4, 0.5) is 0 Å². The van der Waals surface area contributed by atoms with Crippen LogP contribution in [0.15, 0.2) is 0 Å². The minimum atomic E-state index is -0.353. The van der Waals surface area contributed by atoms with Gasteiger partial charge in [-0.05, 0) is 33.7 Å². The van der Waals surface area contributed by atoms with Gasteiger partial charge in [0.2, 0.25) is 0 Å². The maximum atomic E-state index is 9.85. The minimum Gasteiger partial charge on any atom is -0.392 e. The summed E-state index contributed by atoms with van der Waals surface area (Å²) in [5.41, 5.74) is 0. The molecule has 1 fully saturated rings. The number of aliphatic hydroxyl groups excluding tert-OH is 3. The van der Waals surface area contributed by atoms with E-state index in [0.29, 0.717) is 19.6 Å². The van der Waals surface area contributed by atoms with Crippen molar-refractivity contribution in [2.45, 2.75) is 52.4 Å². The molecule has 7 heteroatoms. The second-order valence-corrected chi connectivity index (χ2v) is 8.29. The minimum absolute atomic E-state index is 0.329. The van der Waals surface area contributed by atoms with Crippen molar-refractivity contribution in [3.8, 4) is 0 Å². The second-order valence-electron chi connectivity index (χ2n) is 8.29. The molecule has 162 valence electrons. The first-order chi connectivity index (χ1) is 12.8. The smallest absolute Gasteiger partial charge is 0.0639 e. The maximum absolute atomic E-state index is 9.85. The Labute approximate surface area is 166 Å². The van der Waals surface area contributed by atoms with Crippen molar-refractivity contribution in [2.24, 2.45) is 0 Å². The lowest BCUT2D eigenvalue weighted by Crippen LogP contribution is -2.49. The summed E-state index contributed by atoms with van der Waals surface area (Å²) in [6.45, 7) is 18.3. The predicted octanol–water partition coefficient (Wildman–Crippen LogP) is -0.240. The summed E-state index contributed by atoms with van der Waals surface area (Å²) < 4.78 is 0. The highest BCUT2D eigenvalue weighted by Gasteiger charge is 2.18. The van der Waals surface area contributed by atoms with Crippen LogP contribution in [-0.4, -0.2) is 132 Å². The van der Waals surface area contributed by atoms with Crippen molar-refractivity contribution in [3.05, 3.63) is 0 Å². The van der Waals surface area contributed by atoms with Gasteiger partial charge in [0.1, 0.15) is 0 Å². The zero-order valence-electron chi connectivity index (χ0n) is 18.1. The van der Waals surface area contributed by atoms with E-state index in [2.05, 4.69) is 26.5 Å². The maximum Gasteiger partial charge on any atom is 0.0639 e. The van der Waals surface area contributed by atoms with Crippen LogP contribution in [0, 0.1) is 0 Å². The Morgan fingerprint density at radius 2 is 0.815 bits per heavy atom. The van der Waals surface area contributed by atoms with Gasteiger partial charge in [-0.1, -0.05) is 6.92 Å². The quantitative estimate of drug-likeness (QED) is 0.530. The van der Waals surface area contributed by atoms with Crippen LogP contribution in [0.2, 0.25) is 0 Å². The summed E-state index contributed by atoms with van der Waals surface area (Å²) in [5.74, 6) is 0. The van der Waals surface area contributed by atoms with Crippen molar-refractivity contribution >= 4 is 0 Å². The molecule has 0 bridgehead atoms. The van der Waals surface area contributed by atoms with Crippen LogP contribution >= 0.6 is 0 Å². The Hall–Kier alpha value is -0.280. The highest BCUT2D eigenvalue weighted by molar-refractivity contribution is 4.74. The van der Waals surface area contributed by atoms with Crippen LogP contribution in [0.1, 0.15) is 34.1 Å². The number of nitrogens with zero attached hydrogens (tertiary/aromatic N) is 4. The van der Waals surface area contributed by atoms with Crippen LogP contribution < -0.4 is 0 Å².